The van der Waals surface area contributed by atoms with Gasteiger partial charge in [0, 0.05) is 16.2 Å². The lowest BCUT2D eigenvalue weighted by atomic mass is 10.2. The standard InChI is InChI=1S/C17H10F3NO3S/c18-9-4-5-13(12(20)6-9)21-16(22)8-24-17(23)15-7-10-11(19)2-1-3-14(10)25-15/h1-7H,8H2,(H,21,22). The van der Waals surface area contributed by atoms with E-state index in [1.165, 1.54) is 18.2 Å². The van der Waals surface area contributed by atoms with Gasteiger partial charge in [0.2, 0.25) is 0 Å². The van der Waals surface area contributed by atoms with Crippen LogP contribution in [0.5, 0.6) is 0 Å². The molecule has 0 atom stereocenters. The summed E-state index contributed by atoms with van der Waals surface area (Å²) in [6.45, 7) is -0.660. The van der Waals surface area contributed by atoms with Crippen molar-refractivity contribution in [2.75, 3.05) is 11.9 Å². The van der Waals surface area contributed by atoms with Gasteiger partial charge in [-0.3, -0.25) is 4.79 Å². The van der Waals surface area contributed by atoms with Crippen molar-refractivity contribution in [3.63, 3.8) is 0 Å². The zero-order valence-electron chi connectivity index (χ0n) is 12.5. The van der Waals surface area contributed by atoms with Gasteiger partial charge in [0.25, 0.3) is 5.91 Å². The van der Waals surface area contributed by atoms with Crippen LogP contribution in [0.3, 0.4) is 0 Å². The normalized spacial score (nSPS) is 10.7. The molecule has 0 spiro atoms. The minimum atomic E-state index is -0.945. The molecule has 25 heavy (non-hydrogen) atoms. The van der Waals surface area contributed by atoms with E-state index in [9.17, 15) is 22.8 Å². The number of carbonyl (C=O) groups is 2. The number of ether oxygens (including phenoxy) is 1. The summed E-state index contributed by atoms with van der Waals surface area (Å²) in [7, 11) is 0. The van der Waals surface area contributed by atoms with Gasteiger partial charge < -0.3 is 10.1 Å². The Morgan fingerprint density at radius 2 is 1.84 bits per heavy atom. The zero-order chi connectivity index (χ0) is 18.0. The molecule has 128 valence electrons. The average molecular weight is 365 g/mol. The van der Waals surface area contributed by atoms with Crippen LogP contribution in [-0.2, 0) is 9.53 Å². The van der Waals surface area contributed by atoms with Crippen molar-refractivity contribution in [1.29, 1.82) is 0 Å². The molecular weight excluding hydrogens is 355 g/mol. The summed E-state index contributed by atoms with van der Waals surface area (Å²) in [5.41, 5.74) is -0.230. The van der Waals surface area contributed by atoms with E-state index in [0.717, 1.165) is 23.5 Å². The van der Waals surface area contributed by atoms with Gasteiger partial charge >= 0.3 is 5.97 Å². The molecule has 3 aromatic rings. The van der Waals surface area contributed by atoms with Crippen molar-refractivity contribution < 1.29 is 27.5 Å². The van der Waals surface area contributed by atoms with Gasteiger partial charge in [0.05, 0.1) is 5.69 Å². The van der Waals surface area contributed by atoms with E-state index < -0.39 is 35.9 Å². The summed E-state index contributed by atoms with van der Waals surface area (Å²) in [6.07, 6.45) is 0. The molecule has 1 amide bonds. The molecule has 1 aromatic heterocycles. The van der Waals surface area contributed by atoms with Crippen LogP contribution in [0.1, 0.15) is 9.67 Å². The van der Waals surface area contributed by atoms with Crippen LogP contribution in [0.25, 0.3) is 10.1 Å². The summed E-state index contributed by atoms with van der Waals surface area (Å²) < 4.78 is 45.3. The van der Waals surface area contributed by atoms with Gasteiger partial charge in [-0.1, -0.05) is 6.07 Å². The number of anilines is 1. The van der Waals surface area contributed by atoms with Crippen LogP contribution < -0.4 is 5.32 Å². The predicted molar refractivity (Wildman–Crippen MR) is 87.1 cm³/mol. The fourth-order valence-corrected chi connectivity index (χ4v) is 3.07. The highest BCUT2D eigenvalue weighted by atomic mass is 32.1. The molecule has 8 heteroatoms. The highest BCUT2D eigenvalue weighted by Gasteiger charge is 2.16. The second-order valence-corrected chi connectivity index (χ2v) is 6.09. The highest BCUT2D eigenvalue weighted by molar-refractivity contribution is 7.20. The maximum Gasteiger partial charge on any atom is 0.348 e. The van der Waals surface area contributed by atoms with Crippen molar-refractivity contribution in [2.45, 2.75) is 0 Å². The first kappa shape index (κ1) is 17.0. The van der Waals surface area contributed by atoms with Crippen molar-refractivity contribution in [2.24, 2.45) is 0 Å². The van der Waals surface area contributed by atoms with E-state index in [4.69, 9.17) is 4.74 Å². The number of fused-ring (bicyclic) bond motifs is 1. The first-order valence-corrected chi connectivity index (χ1v) is 7.86. The van der Waals surface area contributed by atoms with E-state index in [-0.39, 0.29) is 16.0 Å². The minimum absolute atomic E-state index is 0.140. The molecule has 0 unspecified atom stereocenters. The first-order chi connectivity index (χ1) is 11.9. The molecule has 2 aromatic carbocycles. The molecule has 4 nitrogen and oxygen atoms in total. The Morgan fingerprint density at radius 1 is 1.04 bits per heavy atom. The van der Waals surface area contributed by atoms with Crippen LogP contribution in [0.15, 0.2) is 42.5 Å². The third kappa shape index (κ3) is 3.80. The third-order valence-electron chi connectivity index (χ3n) is 3.25. The van der Waals surface area contributed by atoms with E-state index >= 15 is 0 Å². The third-order valence-corrected chi connectivity index (χ3v) is 4.33. The molecule has 0 saturated heterocycles. The van der Waals surface area contributed by atoms with Gasteiger partial charge in [-0.2, -0.15) is 0 Å². The number of amides is 1. The molecule has 0 bridgehead atoms. The zero-order valence-corrected chi connectivity index (χ0v) is 13.3. The Morgan fingerprint density at radius 3 is 2.56 bits per heavy atom. The number of esters is 1. The topological polar surface area (TPSA) is 55.4 Å². The second-order valence-electron chi connectivity index (χ2n) is 5.01. The molecule has 1 N–H and O–H groups in total. The van der Waals surface area contributed by atoms with Crippen LogP contribution in [0.2, 0.25) is 0 Å². The van der Waals surface area contributed by atoms with Crippen molar-refractivity contribution in [3.05, 3.63) is 64.8 Å². The molecule has 1 heterocycles. The Balaban J connectivity index is 1.63. The van der Waals surface area contributed by atoms with Crippen molar-refractivity contribution >= 4 is 39.0 Å². The van der Waals surface area contributed by atoms with Crippen LogP contribution in [0.4, 0.5) is 18.9 Å². The Bertz CT molecular complexity index is 971. The molecule has 0 radical (unpaired) electrons. The lowest BCUT2D eigenvalue weighted by Gasteiger charge is -2.06. The van der Waals surface area contributed by atoms with E-state index in [1.54, 1.807) is 6.07 Å². The first-order valence-electron chi connectivity index (χ1n) is 7.04. The largest absolute Gasteiger partial charge is 0.451 e. The lowest BCUT2D eigenvalue weighted by molar-refractivity contribution is -0.119. The summed E-state index contributed by atoms with van der Waals surface area (Å²) in [6, 6.07) is 8.45. The fourth-order valence-electron chi connectivity index (χ4n) is 2.11. The SMILES string of the molecule is O=C(COC(=O)c1cc2c(F)cccc2s1)Nc1ccc(F)cc1F. The molecular formula is C17H10F3NO3S. The number of nitrogens with one attached hydrogen (secondary N) is 1. The molecule has 0 aliphatic carbocycles. The molecule has 0 aliphatic rings. The summed E-state index contributed by atoms with van der Waals surface area (Å²) >= 11 is 1.03. The van der Waals surface area contributed by atoms with E-state index in [1.807, 2.05) is 0 Å². The lowest BCUT2D eigenvalue weighted by Crippen LogP contribution is -2.21. The molecule has 0 aliphatic heterocycles. The Labute approximate surface area is 143 Å². The van der Waals surface area contributed by atoms with Crippen LogP contribution in [-0.4, -0.2) is 18.5 Å². The number of rotatable bonds is 4. The number of carbonyl (C=O) groups excluding carboxylic acids is 2. The number of benzene rings is 2. The summed E-state index contributed by atoms with van der Waals surface area (Å²) in [5.74, 6) is -3.77. The summed E-state index contributed by atoms with van der Waals surface area (Å²) in [5, 5.41) is 2.45. The van der Waals surface area contributed by atoms with E-state index in [0.29, 0.717) is 10.8 Å². The average Bonchev–Trinajstić information content (AvgIpc) is 3.01. The maximum absolute atomic E-state index is 13.6. The smallest absolute Gasteiger partial charge is 0.348 e. The minimum Gasteiger partial charge on any atom is -0.451 e. The summed E-state index contributed by atoms with van der Waals surface area (Å²) in [4.78, 5) is 23.8. The van der Waals surface area contributed by atoms with Gasteiger partial charge in [-0.25, -0.2) is 18.0 Å². The predicted octanol–water partition coefficient (Wildman–Crippen LogP) is 4.11. The molecule has 3 rings (SSSR count). The number of halogens is 3. The maximum atomic E-state index is 13.6. The Kier molecular flexibility index (Phi) is 4.71. The highest BCUT2D eigenvalue weighted by Crippen LogP contribution is 2.28. The fraction of sp³-hybridized carbons (Fsp3) is 0.0588. The number of hydrogen-bond acceptors (Lipinski definition) is 4. The van der Waals surface area contributed by atoms with Crippen LogP contribution in [0, 0.1) is 17.5 Å². The van der Waals surface area contributed by atoms with E-state index in [2.05, 4.69) is 5.32 Å². The second kappa shape index (κ2) is 6.94. The van der Waals surface area contributed by atoms with Crippen LogP contribution >= 0.6 is 11.3 Å². The van der Waals surface area contributed by atoms with Gasteiger partial charge in [0.15, 0.2) is 6.61 Å². The van der Waals surface area contributed by atoms with Crippen molar-refractivity contribution in [3.8, 4) is 0 Å². The van der Waals surface area contributed by atoms with Gasteiger partial charge in [0.1, 0.15) is 22.3 Å². The monoisotopic (exact) mass is 365 g/mol. The molecule has 0 fully saturated rings. The number of thiophene rings is 1. The number of hydrogen-bond donors (Lipinski definition) is 1. The van der Waals surface area contributed by atoms with Gasteiger partial charge in [-0.05, 0) is 30.3 Å². The quantitative estimate of drug-likeness (QED) is 0.708. The van der Waals surface area contributed by atoms with Crippen molar-refractivity contribution in [1.82, 2.24) is 0 Å². The molecule has 0 saturated carbocycles. The van der Waals surface area contributed by atoms with Gasteiger partial charge in [-0.15, -0.1) is 11.3 Å². The Hall–Kier alpha value is -2.87.